The van der Waals surface area contributed by atoms with Crippen molar-refractivity contribution in [3.63, 3.8) is 0 Å². The van der Waals surface area contributed by atoms with Gasteiger partial charge in [-0.05, 0) is 82.9 Å². The molecule has 0 fully saturated rings. The van der Waals surface area contributed by atoms with Gasteiger partial charge in [0.2, 0.25) is 34.4 Å². The molecule has 0 amide bonds. The second-order valence-electron chi connectivity index (χ2n) is 10.5. The summed E-state index contributed by atoms with van der Waals surface area (Å²) in [5.74, 6) is 0.164. The molecule has 0 saturated heterocycles. The minimum absolute atomic E-state index is 0. The molecule has 0 unspecified atom stereocenters. The first-order chi connectivity index (χ1) is 24.8. The Labute approximate surface area is 383 Å². The quantitative estimate of drug-likeness (QED) is 0.0455. The topological polar surface area (TPSA) is 234 Å². The van der Waals surface area contributed by atoms with E-state index in [-0.39, 0.29) is 138 Å². The Bertz CT molecular complexity index is 2360. The Morgan fingerprint density at radius 1 is 0.481 bits per heavy atom. The van der Waals surface area contributed by atoms with E-state index in [0.29, 0.717) is 11.4 Å². The molecule has 0 spiro atoms. The second kappa shape index (κ2) is 19.2. The van der Waals surface area contributed by atoms with Crippen LogP contribution >= 0.6 is 23.2 Å². The van der Waals surface area contributed by atoms with Crippen LogP contribution in [0.5, 0.6) is 0 Å². The number of anilines is 8. The summed E-state index contributed by atoms with van der Waals surface area (Å²) >= 11 is 12.2. The van der Waals surface area contributed by atoms with Crippen LogP contribution in [0.25, 0.3) is 12.2 Å². The Morgan fingerprint density at radius 3 is 1.11 bits per heavy atom. The maximum atomic E-state index is 12.4. The summed E-state index contributed by atoms with van der Waals surface area (Å²) in [4.78, 5) is 23.5. The van der Waals surface area contributed by atoms with E-state index in [1.807, 2.05) is 36.4 Å². The Morgan fingerprint density at radius 2 is 0.796 bits per heavy atom. The van der Waals surface area contributed by atoms with Crippen LogP contribution in [0.2, 0.25) is 10.6 Å². The fourth-order valence-corrected chi connectivity index (χ4v) is 6.35. The number of para-hydroxylation sites is 2. The summed E-state index contributed by atoms with van der Waals surface area (Å²) in [6.45, 7) is 0. The third-order valence-electron chi connectivity index (χ3n) is 6.81. The van der Waals surface area contributed by atoms with E-state index in [1.54, 1.807) is 24.3 Å². The van der Waals surface area contributed by atoms with Crippen LogP contribution in [0.1, 0.15) is 11.1 Å². The number of aromatic nitrogens is 6. The molecular formula is C32H24Cl2KN10NaO6S2. The van der Waals surface area contributed by atoms with E-state index in [4.69, 9.17) is 23.2 Å². The van der Waals surface area contributed by atoms with E-state index in [1.165, 1.54) is 36.4 Å². The SMILES string of the molecule is O=S(=O)(O)c1cc(Nc2nc(Cl)nc(Nc3ccccc3)n2)ccc1C=Cc1ccc(Nc2nc(Cl)nc(Nc3ccccc3)n2)cc1S(=O)(=O)O.[K].[Na]. The van der Waals surface area contributed by atoms with Gasteiger partial charge < -0.3 is 21.3 Å². The fraction of sp³-hybridized carbons (Fsp3) is 0. The van der Waals surface area contributed by atoms with E-state index in [2.05, 4.69) is 51.2 Å². The van der Waals surface area contributed by atoms with Crippen molar-refractivity contribution in [2.45, 2.75) is 9.79 Å². The molecule has 0 aliphatic carbocycles. The van der Waals surface area contributed by atoms with Crippen molar-refractivity contribution in [3.8, 4) is 0 Å². The van der Waals surface area contributed by atoms with Crippen molar-refractivity contribution in [1.82, 2.24) is 29.9 Å². The van der Waals surface area contributed by atoms with Crippen molar-refractivity contribution in [2.75, 3.05) is 21.3 Å². The fourth-order valence-electron chi connectivity index (χ4n) is 4.61. The van der Waals surface area contributed by atoms with Crippen molar-refractivity contribution < 1.29 is 25.9 Å². The molecule has 2 heterocycles. The van der Waals surface area contributed by atoms with Crippen molar-refractivity contribution >= 4 is 183 Å². The number of rotatable bonds is 12. The van der Waals surface area contributed by atoms with Crippen molar-refractivity contribution in [1.29, 1.82) is 0 Å². The molecule has 0 saturated carbocycles. The molecule has 6 rings (SSSR count). The summed E-state index contributed by atoms with van der Waals surface area (Å²) in [5.41, 5.74) is 1.65. The second-order valence-corrected chi connectivity index (χ2v) is 14.0. The smallest absolute Gasteiger partial charge is 0.295 e. The van der Waals surface area contributed by atoms with Gasteiger partial charge in [-0.15, -0.1) is 0 Å². The predicted molar refractivity (Wildman–Crippen MR) is 209 cm³/mol. The van der Waals surface area contributed by atoms with Crippen molar-refractivity contribution in [3.05, 3.63) is 119 Å². The summed E-state index contributed by atoms with van der Waals surface area (Å²) < 4.78 is 69.8. The van der Waals surface area contributed by atoms with Crippen LogP contribution in [0.3, 0.4) is 0 Å². The molecule has 0 aliphatic rings. The van der Waals surface area contributed by atoms with Gasteiger partial charge in [-0.3, -0.25) is 9.11 Å². The minimum atomic E-state index is -4.81. The van der Waals surface area contributed by atoms with Gasteiger partial charge in [0.15, 0.2) is 0 Å². The third kappa shape index (κ3) is 12.2. The molecule has 54 heavy (non-hydrogen) atoms. The van der Waals surface area contributed by atoms with Gasteiger partial charge in [-0.2, -0.15) is 46.7 Å². The van der Waals surface area contributed by atoms with Gasteiger partial charge in [-0.25, -0.2) is 0 Å². The van der Waals surface area contributed by atoms with Gasteiger partial charge in [0, 0.05) is 104 Å². The number of hydrogen-bond donors (Lipinski definition) is 6. The first kappa shape index (κ1) is 43.6. The summed E-state index contributed by atoms with van der Waals surface area (Å²) in [7, 11) is -9.62. The predicted octanol–water partition coefficient (Wildman–Crippen LogP) is 6.24. The zero-order chi connectivity index (χ0) is 36.9. The maximum absolute atomic E-state index is 12.4. The summed E-state index contributed by atoms with van der Waals surface area (Å²) in [6.07, 6.45) is 2.50. The van der Waals surface area contributed by atoms with Crippen LogP contribution in [-0.2, 0) is 20.2 Å². The summed E-state index contributed by atoms with van der Waals surface area (Å²) in [6, 6.07) is 25.9. The Kier molecular flexibility index (Phi) is 15.5. The number of halogens is 2. The van der Waals surface area contributed by atoms with Crippen LogP contribution < -0.4 is 21.3 Å². The zero-order valence-corrected chi connectivity index (χ0v) is 36.4. The molecular weight excluding hydrogens is 818 g/mol. The average Bonchev–Trinajstić information content (AvgIpc) is 3.07. The molecule has 22 heteroatoms. The van der Waals surface area contributed by atoms with E-state index >= 15 is 0 Å². The van der Waals surface area contributed by atoms with Crippen molar-refractivity contribution in [2.24, 2.45) is 0 Å². The first-order valence-corrected chi connectivity index (χ1v) is 18.3. The zero-order valence-electron chi connectivity index (χ0n) is 28.2. The first-order valence-electron chi connectivity index (χ1n) is 14.7. The number of hydrogen-bond acceptors (Lipinski definition) is 14. The van der Waals surface area contributed by atoms with Gasteiger partial charge in [-0.1, -0.05) is 60.7 Å². The Balaban J connectivity index is 0.00000325. The van der Waals surface area contributed by atoms with Gasteiger partial charge in [0.1, 0.15) is 9.79 Å². The average molecular weight is 842 g/mol. The standard InChI is InChI=1S/C32H24Cl2N10O6S2.K.Na/c33-27-39-29(35-21-7-3-1-4-8-21)43-31(41-27)37-23-15-13-19(25(17-23)51(45,46)47)11-12-20-14-16-24(18-26(20)52(48,49)50)38-32-42-28(34)40-30(44-32)36-22-9-5-2-6-10-22;;/h1-18H,(H,45,46,47)(H,48,49,50)(H2,35,37,39,41,43)(H2,36,38,40,42,44);;. The Hall–Kier alpha value is -3.12. The van der Waals surface area contributed by atoms with Gasteiger partial charge >= 0.3 is 0 Å². The van der Waals surface area contributed by atoms with Crippen LogP contribution in [0.4, 0.5) is 46.5 Å². The number of benzene rings is 4. The van der Waals surface area contributed by atoms with Crippen LogP contribution in [0.15, 0.2) is 107 Å². The minimum Gasteiger partial charge on any atom is -0.324 e. The van der Waals surface area contributed by atoms with Gasteiger partial charge in [0.05, 0.1) is 0 Å². The van der Waals surface area contributed by atoms with Gasteiger partial charge in [0.25, 0.3) is 20.2 Å². The molecule has 0 bridgehead atoms. The monoisotopic (exact) mass is 840 g/mol. The van der Waals surface area contributed by atoms with E-state index < -0.39 is 30.0 Å². The molecule has 266 valence electrons. The number of nitrogens with zero attached hydrogens (tertiary/aromatic N) is 6. The molecule has 16 nitrogen and oxygen atoms in total. The molecule has 2 aromatic heterocycles. The largest absolute Gasteiger partial charge is 0.324 e. The third-order valence-corrected chi connectivity index (χ3v) is 8.97. The van der Waals surface area contributed by atoms with Crippen LogP contribution in [0, 0.1) is 0 Å². The molecule has 2 radical (unpaired) electrons. The molecule has 0 aliphatic heterocycles. The summed E-state index contributed by atoms with van der Waals surface area (Å²) in [5, 5.41) is 11.3. The molecule has 6 aromatic rings. The maximum Gasteiger partial charge on any atom is 0.295 e. The molecule has 6 N–H and O–H groups in total. The van der Waals surface area contributed by atoms with Crippen LogP contribution in [-0.4, -0.2) is 137 Å². The molecule has 0 atom stereocenters. The van der Waals surface area contributed by atoms with E-state index in [9.17, 15) is 25.9 Å². The molecule has 4 aromatic carbocycles. The van der Waals surface area contributed by atoms with E-state index in [0.717, 1.165) is 12.1 Å². The normalized spacial score (nSPS) is 11.3. The number of nitrogens with one attached hydrogen (secondary N) is 4.